The van der Waals surface area contributed by atoms with Gasteiger partial charge in [-0.1, -0.05) is 43.6 Å². The fraction of sp³-hybridized carbons (Fsp3) is 0.375. The van der Waals surface area contributed by atoms with Gasteiger partial charge in [0.05, 0.1) is 4.90 Å². The number of rotatable bonds is 5. The topological polar surface area (TPSA) is 79.6 Å². The molecule has 1 aliphatic heterocycles. The molecule has 0 radical (unpaired) electrons. The highest BCUT2D eigenvalue weighted by atomic mass is 35.5. The number of furan rings is 1. The first-order valence-electron chi connectivity index (χ1n) is 10.7. The lowest BCUT2D eigenvalue weighted by Gasteiger charge is -2.34. The molecule has 1 fully saturated rings. The summed E-state index contributed by atoms with van der Waals surface area (Å²) >= 11 is 6.16. The van der Waals surface area contributed by atoms with Gasteiger partial charge in [0.2, 0.25) is 10.0 Å². The van der Waals surface area contributed by atoms with Crippen LogP contribution in [0.15, 0.2) is 51.8 Å². The number of benzene rings is 2. The summed E-state index contributed by atoms with van der Waals surface area (Å²) in [6.07, 6.45) is 1.03. The molecule has 170 valence electrons. The summed E-state index contributed by atoms with van der Waals surface area (Å²) in [6.45, 7) is 7.22. The number of carbonyl (C=O) groups is 1. The third-order valence-electron chi connectivity index (χ3n) is 5.98. The van der Waals surface area contributed by atoms with Gasteiger partial charge in [-0.05, 0) is 55.0 Å². The van der Waals surface area contributed by atoms with Crippen molar-refractivity contribution in [2.45, 2.75) is 38.6 Å². The van der Waals surface area contributed by atoms with E-state index in [9.17, 15) is 13.2 Å². The highest BCUT2D eigenvalue weighted by Gasteiger charge is 2.32. The minimum Gasteiger partial charge on any atom is -0.451 e. The Kier molecular flexibility index (Phi) is 6.34. The summed E-state index contributed by atoms with van der Waals surface area (Å²) in [5.41, 5.74) is 1.88. The van der Waals surface area contributed by atoms with Crippen molar-refractivity contribution < 1.29 is 17.6 Å². The van der Waals surface area contributed by atoms with Crippen molar-refractivity contribution in [1.82, 2.24) is 9.62 Å². The Labute approximate surface area is 193 Å². The first-order valence-corrected chi connectivity index (χ1v) is 12.5. The highest BCUT2D eigenvalue weighted by molar-refractivity contribution is 7.89. The van der Waals surface area contributed by atoms with Crippen LogP contribution in [0.5, 0.6) is 0 Å². The van der Waals surface area contributed by atoms with Crippen LogP contribution in [0, 0.1) is 18.8 Å². The maximum absolute atomic E-state index is 13.3. The lowest BCUT2D eigenvalue weighted by molar-refractivity contribution is 0.0924. The van der Waals surface area contributed by atoms with Crippen LogP contribution in [0.25, 0.3) is 11.0 Å². The zero-order valence-corrected chi connectivity index (χ0v) is 20.0. The third kappa shape index (κ3) is 4.42. The van der Waals surface area contributed by atoms with Gasteiger partial charge in [0.25, 0.3) is 5.91 Å². The van der Waals surface area contributed by atoms with Crippen molar-refractivity contribution in [3.8, 4) is 0 Å². The average molecular weight is 475 g/mol. The lowest BCUT2D eigenvalue weighted by Crippen LogP contribution is -2.42. The molecule has 0 aliphatic carbocycles. The molecular formula is C24H27ClN2O4S. The number of aryl methyl sites for hydroxylation is 1. The maximum Gasteiger partial charge on any atom is 0.287 e. The molecule has 1 N–H and O–H groups in total. The third-order valence-corrected chi connectivity index (χ3v) is 8.18. The van der Waals surface area contributed by atoms with Crippen LogP contribution in [-0.4, -0.2) is 31.7 Å². The molecule has 1 aliphatic rings. The standard InChI is InChI=1S/C24H27ClN2O4S/c1-15-10-16(2)14-27(13-15)32(29,30)19-8-9-22-20(11-19)17(3)23(31-22)24(28)26-12-18-6-4-5-7-21(18)25/h4-9,11,15-16H,10,12-14H2,1-3H3,(H,26,28). The molecule has 0 spiro atoms. The van der Waals surface area contributed by atoms with E-state index in [1.54, 1.807) is 35.5 Å². The molecule has 2 aromatic carbocycles. The molecule has 0 saturated carbocycles. The average Bonchev–Trinajstić information content (AvgIpc) is 3.08. The number of nitrogens with one attached hydrogen (secondary N) is 1. The molecule has 6 nitrogen and oxygen atoms in total. The number of nitrogens with zero attached hydrogens (tertiary/aromatic N) is 1. The molecule has 3 aromatic rings. The number of fused-ring (bicyclic) bond motifs is 1. The van der Waals surface area contributed by atoms with E-state index in [0.29, 0.717) is 46.5 Å². The Hall–Kier alpha value is -2.35. The van der Waals surface area contributed by atoms with E-state index >= 15 is 0 Å². The fourth-order valence-electron chi connectivity index (χ4n) is 4.43. The van der Waals surface area contributed by atoms with Crippen molar-refractivity contribution in [2.75, 3.05) is 13.1 Å². The smallest absolute Gasteiger partial charge is 0.287 e. The summed E-state index contributed by atoms with van der Waals surface area (Å²) < 4.78 is 33.9. The minimum atomic E-state index is -3.62. The number of hydrogen-bond acceptors (Lipinski definition) is 4. The van der Waals surface area contributed by atoms with Crippen LogP contribution in [0.1, 0.15) is 41.9 Å². The molecule has 2 unspecified atom stereocenters. The number of sulfonamides is 1. The van der Waals surface area contributed by atoms with E-state index in [2.05, 4.69) is 19.2 Å². The van der Waals surface area contributed by atoms with E-state index in [1.165, 1.54) is 0 Å². The Morgan fingerprint density at radius 1 is 1.16 bits per heavy atom. The second-order valence-corrected chi connectivity index (χ2v) is 11.1. The largest absolute Gasteiger partial charge is 0.451 e. The Morgan fingerprint density at radius 3 is 2.53 bits per heavy atom. The predicted octanol–water partition coefficient (Wildman–Crippen LogP) is 4.99. The van der Waals surface area contributed by atoms with Crippen molar-refractivity contribution >= 4 is 38.5 Å². The van der Waals surface area contributed by atoms with Crippen LogP contribution >= 0.6 is 11.6 Å². The zero-order chi connectivity index (χ0) is 23.0. The molecule has 1 saturated heterocycles. The van der Waals surface area contributed by atoms with Crippen molar-refractivity contribution in [1.29, 1.82) is 0 Å². The summed E-state index contributed by atoms with van der Waals surface area (Å²) in [6, 6.07) is 12.1. The first kappa shape index (κ1) is 22.8. The summed E-state index contributed by atoms with van der Waals surface area (Å²) in [5, 5.41) is 4.01. The molecular weight excluding hydrogens is 448 g/mol. The van der Waals surface area contributed by atoms with Crippen molar-refractivity contribution in [3.63, 3.8) is 0 Å². The molecule has 1 aromatic heterocycles. The molecule has 1 amide bonds. The molecule has 8 heteroatoms. The first-order chi connectivity index (χ1) is 15.2. The quantitative estimate of drug-likeness (QED) is 0.564. The van der Waals surface area contributed by atoms with Gasteiger partial charge >= 0.3 is 0 Å². The predicted molar refractivity (Wildman–Crippen MR) is 125 cm³/mol. The van der Waals surface area contributed by atoms with Crippen LogP contribution < -0.4 is 5.32 Å². The van der Waals surface area contributed by atoms with Crippen LogP contribution in [-0.2, 0) is 16.6 Å². The number of amides is 1. The van der Waals surface area contributed by atoms with Crippen LogP contribution in [0.3, 0.4) is 0 Å². The van der Waals surface area contributed by atoms with E-state index < -0.39 is 10.0 Å². The molecule has 2 atom stereocenters. The van der Waals surface area contributed by atoms with E-state index in [1.807, 2.05) is 18.2 Å². The second-order valence-electron chi connectivity index (χ2n) is 8.76. The number of halogens is 1. The van der Waals surface area contributed by atoms with Gasteiger partial charge in [-0.15, -0.1) is 0 Å². The Morgan fingerprint density at radius 2 is 1.84 bits per heavy atom. The number of carbonyl (C=O) groups excluding carboxylic acids is 1. The van der Waals surface area contributed by atoms with Gasteiger partial charge in [0, 0.05) is 35.6 Å². The molecule has 0 bridgehead atoms. The van der Waals surface area contributed by atoms with Crippen LogP contribution in [0.4, 0.5) is 0 Å². The molecule has 4 rings (SSSR count). The van der Waals surface area contributed by atoms with Gasteiger partial charge in [-0.25, -0.2) is 8.42 Å². The van der Waals surface area contributed by atoms with Gasteiger partial charge in [-0.3, -0.25) is 4.79 Å². The zero-order valence-electron chi connectivity index (χ0n) is 18.4. The SMILES string of the molecule is Cc1c(C(=O)NCc2ccccc2Cl)oc2ccc(S(=O)(=O)N3CC(C)CC(C)C3)cc12. The van der Waals surface area contributed by atoms with Crippen molar-refractivity contribution in [3.05, 3.63) is 64.4 Å². The van der Waals surface area contributed by atoms with Gasteiger partial charge in [0.1, 0.15) is 5.58 Å². The summed E-state index contributed by atoms with van der Waals surface area (Å²) in [7, 11) is -3.62. The summed E-state index contributed by atoms with van der Waals surface area (Å²) in [4.78, 5) is 13.0. The van der Waals surface area contributed by atoms with Gasteiger partial charge < -0.3 is 9.73 Å². The van der Waals surface area contributed by atoms with E-state index in [4.69, 9.17) is 16.0 Å². The van der Waals surface area contributed by atoms with Gasteiger partial charge in [-0.2, -0.15) is 4.31 Å². The summed E-state index contributed by atoms with van der Waals surface area (Å²) in [5.74, 6) is 0.436. The van der Waals surface area contributed by atoms with Gasteiger partial charge in [0.15, 0.2) is 5.76 Å². The highest BCUT2D eigenvalue weighted by Crippen LogP contribution is 2.31. The monoisotopic (exact) mass is 474 g/mol. The second kappa shape index (κ2) is 8.89. The van der Waals surface area contributed by atoms with Crippen LogP contribution in [0.2, 0.25) is 5.02 Å². The van der Waals surface area contributed by atoms with E-state index in [-0.39, 0.29) is 23.1 Å². The lowest BCUT2D eigenvalue weighted by atomic mass is 9.94. The van der Waals surface area contributed by atoms with Crippen molar-refractivity contribution in [2.24, 2.45) is 11.8 Å². The molecule has 2 heterocycles. The Bertz CT molecular complexity index is 1260. The fourth-order valence-corrected chi connectivity index (χ4v) is 6.33. The Balaban J connectivity index is 1.59. The maximum atomic E-state index is 13.3. The number of piperidine rings is 1. The number of hydrogen-bond donors (Lipinski definition) is 1. The minimum absolute atomic E-state index is 0.168. The molecule has 32 heavy (non-hydrogen) atoms. The van der Waals surface area contributed by atoms with E-state index in [0.717, 1.165) is 12.0 Å². The normalized spacial score (nSPS) is 19.9.